The molecule has 1 amide bonds. The van der Waals surface area contributed by atoms with E-state index in [2.05, 4.69) is 0 Å². The standard InChI is InChI=1S/C12H19BF3NO3/c1-10(2)11(3,4)20-13(19-10)5-8-6-17(7-8)9(18)12(14,15)16/h8H,5-7H2,1-4H3. The number of hydrogen-bond donors (Lipinski definition) is 0. The van der Waals surface area contributed by atoms with Gasteiger partial charge in [-0.3, -0.25) is 4.79 Å². The minimum atomic E-state index is -4.78. The Morgan fingerprint density at radius 1 is 1.20 bits per heavy atom. The lowest BCUT2D eigenvalue weighted by Gasteiger charge is -2.39. The van der Waals surface area contributed by atoms with Gasteiger partial charge in [-0.2, -0.15) is 13.2 Å². The molecule has 2 aliphatic rings. The molecule has 2 rings (SSSR count). The SMILES string of the molecule is CC1(C)OB(CC2CN(C(=O)C(F)(F)F)C2)OC1(C)C. The van der Waals surface area contributed by atoms with E-state index in [0.717, 1.165) is 4.90 Å². The highest BCUT2D eigenvalue weighted by atomic mass is 19.4. The molecule has 0 spiro atoms. The summed E-state index contributed by atoms with van der Waals surface area (Å²) in [6.07, 6.45) is -4.27. The number of rotatable bonds is 2. The van der Waals surface area contributed by atoms with Gasteiger partial charge in [0.05, 0.1) is 11.2 Å². The van der Waals surface area contributed by atoms with Crippen molar-refractivity contribution in [3.8, 4) is 0 Å². The maximum Gasteiger partial charge on any atom is 0.471 e. The number of hydrogen-bond acceptors (Lipinski definition) is 3. The smallest absolute Gasteiger partial charge is 0.403 e. The molecule has 0 aromatic rings. The van der Waals surface area contributed by atoms with Crippen LogP contribution in [0.25, 0.3) is 0 Å². The number of likely N-dealkylation sites (tertiary alicyclic amines) is 1. The van der Waals surface area contributed by atoms with Crippen LogP contribution in [-0.2, 0) is 14.1 Å². The van der Waals surface area contributed by atoms with Gasteiger partial charge in [-0.1, -0.05) is 0 Å². The van der Waals surface area contributed by atoms with Crippen LogP contribution in [0.1, 0.15) is 27.7 Å². The van der Waals surface area contributed by atoms with Gasteiger partial charge in [0.1, 0.15) is 0 Å². The maximum atomic E-state index is 12.2. The quantitative estimate of drug-likeness (QED) is 0.732. The molecule has 2 fully saturated rings. The summed E-state index contributed by atoms with van der Waals surface area (Å²) >= 11 is 0. The van der Waals surface area contributed by atoms with Crippen molar-refractivity contribution >= 4 is 13.0 Å². The van der Waals surface area contributed by atoms with E-state index in [1.54, 1.807) is 0 Å². The summed E-state index contributed by atoms with van der Waals surface area (Å²) in [7, 11) is -0.423. The van der Waals surface area contributed by atoms with Gasteiger partial charge < -0.3 is 14.2 Å². The normalized spacial score (nSPS) is 25.8. The van der Waals surface area contributed by atoms with Crippen LogP contribution in [0.15, 0.2) is 0 Å². The van der Waals surface area contributed by atoms with Gasteiger partial charge in [-0.15, -0.1) is 0 Å². The van der Waals surface area contributed by atoms with E-state index in [-0.39, 0.29) is 19.0 Å². The highest BCUT2D eigenvalue weighted by Gasteiger charge is 2.53. The Labute approximate surface area is 116 Å². The summed E-state index contributed by atoms with van der Waals surface area (Å²) in [6.45, 7) is 7.92. The average molecular weight is 293 g/mol. The van der Waals surface area contributed by atoms with Gasteiger partial charge in [0, 0.05) is 13.1 Å². The topological polar surface area (TPSA) is 38.8 Å². The van der Waals surface area contributed by atoms with E-state index >= 15 is 0 Å². The molecule has 2 aliphatic heterocycles. The molecule has 0 saturated carbocycles. The molecule has 114 valence electrons. The van der Waals surface area contributed by atoms with E-state index in [4.69, 9.17) is 9.31 Å². The molecule has 0 aromatic carbocycles. The molecular formula is C12H19BF3NO3. The first-order valence-electron chi connectivity index (χ1n) is 6.64. The Bertz CT molecular complexity index is 389. The van der Waals surface area contributed by atoms with Gasteiger partial charge in [0.2, 0.25) is 0 Å². The Morgan fingerprint density at radius 2 is 1.65 bits per heavy atom. The molecule has 0 bridgehead atoms. The second-order valence-corrected chi connectivity index (χ2v) is 6.50. The lowest BCUT2D eigenvalue weighted by atomic mass is 9.74. The molecule has 0 N–H and O–H groups in total. The monoisotopic (exact) mass is 293 g/mol. The van der Waals surface area contributed by atoms with Crippen LogP contribution in [0.2, 0.25) is 6.32 Å². The summed E-state index contributed by atoms with van der Waals surface area (Å²) < 4.78 is 48.2. The van der Waals surface area contributed by atoms with E-state index in [1.165, 1.54) is 0 Å². The van der Waals surface area contributed by atoms with Crippen LogP contribution >= 0.6 is 0 Å². The lowest BCUT2D eigenvalue weighted by Crippen LogP contribution is -2.55. The summed E-state index contributed by atoms with van der Waals surface area (Å²) in [5, 5.41) is 0. The van der Waals surface area contributed by atoms with E-state index < -0.39 is 30.4 Å². The van der Waals surface area contributed by atoms with Crippen molar-refractivity contribution in [3.63, 3.8) is 0 Å². The van der Waals surface area contributed by atoms with Crippen molar-refractivity contribution in [1.29, 1.82) is 0 Å². The van der Waals surface area contributed by atoms with Gasteiger partial charge in [-0.25, -0.2) is 0 Å². The third-order valence-electron chi connectivity index (χ3n) is 4.31. The highest BCUT2D eigenvalue weighted by molar-refractivity contribution is 6.45. The number of carbonyl (C=O) groups is 1. The molecule has 20 heavy (non-hydrogen) atoms. The summed E-state index contributed by atoms with van der Waals surface area (Å²) in [6, 6.07) is 0. The first-order valence-corrected chi connectivity index (χ1v) is 6.64. The van der Waals surface area contributed by atoms with E-state index in [9.17, 15) is 18.0 Å². The van der Waals surface area contributed by atoms with Crippen molar-refractivity contribution in [2.75, 3.05) is 13.1 Å². The summed E-state index contributed by atoms with van der Waals surface area (Å²) in [4.78, 5) is 11.8. The fourth-order valence-corrected chi connectivity index (χ4v) is 2.40. The average Bonchev–Trinajstić information content (AvgIpc) is 2.38. The predicted molar refractivity (Wildman–Crippen MR) is 67.0 cm³/mol. The van der Waals surface area contributed by atoms with Crippen LogP contribution in [0.4, 0.5) is 13.2 Å². The van der Waals surface area contributed by atoms with Crippen LogP contribution < -0.4 is 0 Å². The first-order chi connectivity index (χ1) is 8.92. The first kappa shape index (κ1) is 15.6. The number of amides is 1. The van der Waals surface area contributed by atoms with Crippen molar-refractivity contribution in [1.82, 2.24) is 4.90 Å². The van der Waals surface area contributed by atoms with Gasteiger partial charge in [-0.05, 0) is 39.9 Å². The van der Waals surface area contributed by atoms with Crippen LogP contribution in [0.5, 0.6) is 0 Å². The Morgan fingerprint density at radius 3 is 2.05 bits per heavy atom. The van der Waals surface area contributed by atoms with E-state index in [0.29, 0.717) is 6.32 Å². The zero-order valence-electron chi connectivity index (χ0n) is 12.1. The predicted octanol–water partition coefficient (Wildman–Crippen LogP) is 2.10. The van der Waals surface area contributed by atoms with E-state index in [1.807, 2.05) is 27.7 Å². The minimum Gasteiger partial charge on any atom is -0.403 e. The largest absolute Gasteiger partial charge is 0.471 e. The molecule has 2 heterocycles. The number of halogens is 3. The zero-order valence-corrected chi connectivity index (χ0v) is 12.1. The Balaban J connectivity index is 1.81. The molecule has 0 aromatic heterocycles. The number of carbonyl (C=O) groups excluding carboxylic acids is 1. The molecule has 4 nitrogen and oxygen atoms in total. The zero-order chi connectivity index (χ0) is 15.3. The van der Waals surface area contributed by atoms with Crippen molar-refractivity contribution in [2.45, 2.75) is 51.4 Å². The number of nitrogens with zero attached hydrogens (tertiary/aromatic N) is 1. The second kappa shape index (κ2) is 4.63. The summed E-state index contributed by atoms with van der Waals surface area (Å²) in [5.41, 5.74) is -0.883. The van der Waals surface area contributed by atoms with Gasteiger partial charge in [0.15, 0.2) is 0 Å². The molecule has 0 aliphatic carbocycles. The van der Waals surface area contributed by atoms with Gasteiger partial charge >= 0.3 is 19.2 Å². The summed E-state index contributed by atoms with van der Waals surface area (Å²) in [5.74, 6) is -1.77. The second-order valence-electron chi connectivity index (χ2n) is 6.50. The molecule has 0 unspecified atom stereocenters. The third-order valence-corrected chi connectivity index (χ3v) is 4.31. The third kappa shape index (κ3) is 2.81. The lowest BCUT2D eigenvalue weighted by molar-refractivity contribution is -0.191. The number of alkyl halides is 3. The molecule has 0 radical (unpaired) electrons. The van der Waals surface area contributed by atoms with Crippen LogP contribution in [0.3, 0.4) is 0 Å². The fourth-order valence-electron chi connectivity index (χ4n) is 2.40. The van der Waals surface area contributed by atoms with Crippen LogP contribution in [0, 0.1) is 5.92 Å². The Hall–Kier alpha value is -0.755. The minimum absolute atomic E-state index is 0.00370. The highest BCUT2D eigenvalue weighted by Crippen LogP contribution is 2.39. The molecule has 2 saturated heterocycles. The molecule has 8 heteroatoms. The van der Waals surface area contributed by atoms with Crippen molar-refractivity contribution in [2.24, 2.45) is 5.92 Å². The van der Waals surface area contributed by atoms with Crippen molar-refractivity contribution < 1.29 is 27.3 Å². The van der Waals surface area contributed by atoms with Gasteiger partial charge in [0.25, 0.3) is 0 Å². The van der Waals surface area contributed by atoms with Crippen molar-refractivity contribution in [3.05, 3.63) is 0 Å². The maximum absolute atomic E-state index is 12.2. The van der Waals surface area contributed by atoms with Crippen LogP contribution in [-0.4, -0.2) is 48.4 Å². The molecule has 0 atom stereocenters. The molecular weight excluding hydrogens is 274 g/mol. The fraction of sp³-hybridized carbons (Fsp3) is 0.917. The Kier molecular flexibility index (Phi) is 3.62.